The molecule has 0 radical (unpaired) electrons. The molecule has 3 rings (SSSR count). The molecule has 0 amide bonds. The average molecular weight is 207 g/mol. The van der Waals surface area contributed by atoms with E-state index >= 15 is 0 Å². The maximum Gasteiger partial charge on any atom is 0.116 e. The van der Waals surface area contributed by atoms with Gasteiger partial charge in [-0.05, 0) is 24.2 Å². The van der Waals surface area contributed by atoms with Gasteiger partial charge in [-0.3, -0.25) is 0 Å². The fraction of sp³-hybridized carbons (Fsp3) is 0. The van der Waals surface area contributed by atoms with E-state index in [2.05, 4.69) is 0 Å². The molecular weight excluding hydrogens is 192 g/mol. The zero-order valence-corrected chi connectivity index (χ0v) is 7.67. The predicted molar refractivity (Wildman–Crippen MR) is 61.0 cm³/mol. The number of hydrogen-bond acceptors (Lipinski definition) is 2. The van der Waals surface area contributed by atoms with Gasteiger partial charge in [0.15, 0.2) is 0 Å². The van der Waals surface area contributed by atoms with E-state index in [1.54, 1.807) is 0 Å². The van der Waals surface area contributed by atoms with Crippen LogP contribution in [-0.4, -0.2) is 5.11 Å². The smallest absolute Gasteiger partial charge is 0.116 e. The molecule has 0 bridgehead atoms. The molecule has 0 saturated carbocycles. The zero-order chi connectivity index (χ0) is 15.6. The van der Waals surface area contributed by atoms with Gasteiger partial charge in [-0.1, -0.05) is 18.1 Å². The van der Waals surface area contributed by atoms with Gasteiger partial charge in [0, 0.05) is 20.2 Å². The summed E-state index contributed by atoms with van der Waals surface area (Å²) in [7, 11) is 0. The lowest BCUT2D eigenvalue weighted by molar-refractivity contribution is 0.476. The Balaban J connectivity index is 2.73. The summed E-state index contributed by atoms with van der Waals surface area (Å²) in [5, 5.41) is 9.98. The molecule has 0 aliphatic heterocycles. The van der Waals surface area contributed by atoms with Crippen molar-refractivity contribution in [2.45, 2.75) is 0 Å². The molecule has 0 spiro atoms. The van der Waals surface area contributed by atoms with E-state index in [-0.39, 0.29) is 50.4 Å². The third-order valence-electron chi connectivity index (χ3n) is 1.87. The average Bonchev–Trinajstić information content (AvgIpc) is 2.87. The first-order chi connectivity index (χ1) is 9.77. The van der Waals surface area contributed by atoms with E-state index in [9.17, 15) is 5.11 Å². The van der Waals surface area contributed by atoms with Crippen LogP contribution in [-0.2, 0) is 0 Å². The molecule has 3 aromatic rings. The Bertz CT molecular complexity index is 857. The summed E-state index contributed by atoms with van der Waals surface area (Å²) in [5.74, 6) is -0.653. The van der Waals surface area contributed by atoms with Gasteiger partial charge in [0.2, 0.25) is 0 Å². The van der Waals surface area contributed by atoms with Gasteiger partial charge < -0.3 is 5.11 Å². The van der Waals surface area contributed by atoms with Gasteiger partial charge in [0.1, 0.15) is 5.75 Å². The lowest BCUT2D eigenvalue weighted by Gasteiger charge is -1.92. The Labute approximate surface area is 95.1 Å². The fourth-order valence-corrected chi connectivity index (χ4v) is 2.21. The van der Waals surface area contributed by atoms with Gasteiger partial charge >= 0.3 is 0 Å². The third kappa shape index (κ3) is 1.01. The summed E-state index contributed by atoms with van der Waals surface area (Å²) in [5.41, 5.74) is 0. The summed E-state index contributed by atoms with van der Waals surface area (Å²) in [6, 6.07) is -2.49. The Morgan fingerprint density at radius 1 is 1.00 bits per heavy atom. The van der Waals surface area contributed by atoms with Gasteiger partial charge in [0.25, 0.3) is 0 Å². The van der Waals surface area contributed by atoms with Gasteiger partial charge in [-0.15, -0.1) is 11.3 Å². The SMILES string of the molecule is [2H]c1c([2H])c([2H])c2c(sc3c([2H])c([2H])c(O)c([2H])c32)c1[2H]. The van der Waals surface area contributed by atoms with Crippen molar-refractivity contribution >= 4 is 31.5 Å². The summed E-state index contributed by atoms with van der Waals surface area (Å²) in [6.45, 7) is 0. The lowest BCUT2D eigenvalue weighted by atomic mass is 10.1. The molecule has 0 atom stereocenters. The highest BCUT2D eigenvalue weighted by Crippen LogP contribution is 2.35. The first-order valence-corrected chi connectivity index (χ1v) is 4.70. The first kappa shape index (κ1) is 3.55. The summed E-state index contributed by atoms with van der Waals surface area (Å²) in [6.07, 6.45) is 0. The third-order valence-corrected chi connectivity index (χ3v) is 2.89. The number of hydrogen-bond donors (Lipinski definition) is 1. The molecule has 1 nitrogen and oxygen atoms in total. The molecule has 0 aliphatic rings. The quantitative estimate of drug-likeness (QED) is 0.595. The van der Waals surface area contributed by atoms with E-state index in [0.717, 1.165) is 11.3 Å². The fourth-order valence-electron chi connectivity index (χ4n) is 1.29. The molecule has 0 fully saturated rings. The number of thiophene rings is 1. The summed E-state index contributed by atoms with van der Waals surface area (Å²) >= 11 is 0.940. The molecular formula is C12H8OS. The molecule has 2 aromatic carbocycles. The van der Waals surface area contributed by atoms with Crippen LogP contribution in [0.1, 0.15) is 9.60 Å². The molecule has 68 valence electrons. The van der Waals surface area contributed by atoms with E-state index in [4.69, 9.17) is 9.60 Å². The monoisotopic (exact) mass is 207 g/mol. The van der Waals surface area contributed by atoms with Gasteiger partial charge in [-0.2, -0.15) is 0 Å². The Hall–Kier alpha value is -1.54. The molecule has 1 heterocycles. The second kappa shape index (κ2) is 2.72. The van der Waals surface area contributed by atoms with Crippen LogP contribution in [0.3, 0.4) is 0 Å². The van der Waals surface area contributed by atoms with E-state index in [0.29, 0.717) is 0 Å². The number of phenolic OH excluding ortho intramolecular Hbond substituents is 1. The highest BCUT2D eigenvalue weighted by molar-refractivity contribution is 7.25. The van der Waals surface area contributed by atoms with Crippen molar-refractivity contribution in [1.82, 2.24) is 0 Å². The first-order valence-electron chi connectivity index (χ1n) is 7.38. The number of phenols is 1. The van der Waals surface area contributed by atoms with Crippen LogP contribution in [0.4, 0.5) is 0 Å². The molecule has 1 N–H and O–H groups in total. The number of fused-ring (bicyclic) bond motifs is 3. The van der Waals surface area contributed by atoms with Crippen LogP contribution >= 0.6 is 11.3 Å². The van der Waals surface area contributed by atoms with Gasteiger partial charge in [-0.25, -0.2) is 0 Å². The van der Waals surface area contributed by atoms with Crippen molar-refractivity contribution < 1.29 is 14.7 Å². The second-order valence-electron chi connectivity index (χ2n) is 2.73. The minimum Gasteiger partial charge on any atom is -0.508 e. The van der Waals surface area contributed by atoms with Crippen molar-refractivity contribution in [3.05, 3.63) is 42.3 Å². The molecule has 1 aromatic heterocycles. The van der Waals surface area contributed by atoms with Crippen LogP contribution in [0.5, 0.6) is 5.75 Å². The molecule has 14 heavy (non-hydrogen) atoms. The topological polar surface area (TPSA) is 20.2 Å². The molecule has 2 heteroatoms. The summed E-state index contributed by atoms with van der Waals surface area (Å²) < 4.78 is 55.1. The van der Waals surface area contributed by atoms with Crippen molar-refractivity contribution in [3.8, 4) is 5.75 Å². The standard InChI is InChI=1S/C12H8OS/c13-8-5-6-12-10(7-8)9-3-1-2-4-11(9)14-12/h1-7,13H/i1D,2D,3D,4D,5D,6D,7D. The predicted octanol–water partition coefficient (Wildman–Crippen LogP) is 3.76. The number of benzene rings is 2. The maximum atomic E-state index is 9.76. The molecule has 0 saturated heterocycles. The summed E-state index contributed by atoms with van der Waals surface area (Å²) in [4.78, 5) is 0. The largest absolute Gasteiger partial charge is 0.508 e. The van der Waals surface area contributed by atoms with Crippen LogP contribution in [0.2, 0.25) is 0 Å². The minimum atomic E-state index is -0.653. The van der Waals surface area contributed by atoms with E-state index < -0.39 is 17.8 Å². The maximum absolute atomic E-state index is 9.76. The Kier molecular flexibility index (Phi) is 0.691. The van der Waals surface area contributed by atoms with E-state index in [1.165, 1.54) is 0 Å². The normalized spacial score (nSPS) is 18.1. The van der Waals surface area contributed by atoms with Crippen LogP contribution in [0, 0.1) is 0 Å². The van der Waals surface area contributed by atoms with Crippen LogP contribution < -0.4 is 0 Å². The lowest BCUT2D eigenvalue weighted by Crippen LogP contribution is -1.65. The van der Waals surface area contributed by atoms with Gasteiger partial charge in [0.05, 0.1) is 9.60 Å². The Morgan fingerprint density at radius 3 is 2.71 bits per heavy atom. The van der Waals surface area contributed by atoms with Crippen molar-refractivity contribution in [1.29, 1.82) is 0 Å². The van der Waals surface area contributed by atoms with Crippen LogP contribution in [0.25, 0.3) is 20.2 Å². The Morgan fingerprint density at radius 2 is 1.79 bits per heavy atom. The van der Waals surface area contributed by atoms with Crippen molar-refractivity contribution in [3.63, 3.8) is 0 Å². The van der Waals surface area contributed by atoms with Crippen LogP contribution in [0.15, 0.2) is 42.3 Å². The molecule has 0 unspecified atom stereocenters. The highest BCUT2D eigenvalue weighted by atomic mass is 32.1. The zero-order valence-electron chi connectivity index (χ0n) is 13.9. The van der Waals surface area contributed by atoms with Crippen molar-refractivity contribution in [2.75, 3.05) is 0 Å². The molecule has 0 aliphatic carbocycles. The number of aromatic hydroxyl groups is 1. The second-order valence-corrected chi connectivity index (χ2v) is 3.75. The van der Waals surface area contributed by atoms with Crippen molar-refractivity contribution in [2.24, 2.45) is 0 Å². The van der Waals surface area contributed by atoms with E-state index in [1.807, 2.05) is 0 Å². The number of rotatable bonds is 0. The highest BCUT2D eigenvalue weighted by Gasteiger charge is 2.03. The minimum absolute atomic E-state index is 0.0977.